The summed E-state index contributed by atoms with van der Waals surface area (Å²) in [5.41, 5.74) is 1.11. The summed E-state index contributed by atoms with van der Waals surface area (Å²) >= 11 is 1.22. The summed E-state index contributed by atoms with van der Waals surface area (Å²) < 4.78 is 5.12. The first-order valence-electron chi connectivity index (χ1n) is 10.1. The molecule has 0 aromatic heterocycles. The number of alkyl carbamates (subject to hydrolysis) is 1. The molecule has 2 aliphatic rings. The monoisotopic (exact) mass is 462 g/mol. The quantitative estimate of drug-likeness (QED) is 0.446. The highest BCUT2D eigenvalue weighted by Crippen LogP contribution is 2.40. The Balaban J connectivity index is 1.57. The molecule has 1 saturated heterocycles. The number of amides is 3. The molecule has 1 aromatic rings. The Morgan fingerprint density at radius 3 is 2.59 bits per heavy atom. The summed E-state index contributed by atoms with van der Waals surface area (Å²) in [5.74, 6) is -2.01. The van der Waals surface area contributed by atoms with Crippen molar-refractivity contribution in [1.82, 2.24) is 20.4 Å². The molecule has 1 aromatic carbocycles. The Labute approximate surface area is 190 Å². The van der Waals surface area contributed by atoms with E-state index < -0.39 is 35.4 Å². The van der Waals surface area contributed by atoms with Crippen molar-refractivity contribution in [2.75, 3.05) is 33.8 Å². The summed E-state index contributed by atoms with van der Waals surface area (Å²) in [4.78, 5) is 51.8. The number of hydrogen-bond acceptors (Lipinski definition) is 7. The second-order valence-electron chi connectivity index (χ2n) is 7.72. The zero-order valence-corrected chi connectivity index (χ0v) is 18.6. The molecule has 2 heterocycles. The van der Waals surface area contributed by atoms with Crippen LogP contribution in [0, 0.1) is 0 Å². The van der Waals surface area contributed by atoms with Gasteiger partial charge in [-0.15, -0.1) is 11.8 Å². The number of carboxylic acid groups (broad SMARTS) is 1. The van der Waals surface area contributed by atoms with E-state index in [-0.39, 0.29) is 18.9 Å². The molecule has 0 spiro atoms. The van der Waals surface area contributed by atoms with Crippen molar-refractivity contribution in [3.8, 4) is 0 Å². The van der Waals surface area contributed by atoms with Gasteiger partial charge in [-0.1, -0.05) is 30.3 Å². The van der Waals surface area contributed by atoms with E-state index in [1.54, 1.807) is 5.41 Å². The predicted molar refractivity (Wildman–Crippen MR) is 118 cm³/mol. The number of carbonyl (C=O) groups is 4. The van der Waals surface area contributed by atoms with Gasteiger partial charge in [0, 0.05) is 18.7 Å². The van der Waals surface area contributed by atoms with Crippen molar-refractivity contribution < 1.29 is 29.0 Å². The summed E-state index contributed by atoms with van der Waals surface area (Å²) in [5, 5.41) is 16.0. The molecule has 2 unspecified atom stereocenters. The fourth-order valence-electron chi connectivity index (χ4n) is 3.42. The molecular formula is C21H26N4O6S. The molecule has 2 aliphatic heterocycles. The zero-order valence-electron chi connectivity index (χ0n) is 17.8. The molecule has 3 amide bonds. The molecule has 1 fully saturated rings. The highest BCUT2D eigenvalue weighted by Gasteiger charge is 2.55. The summed E-state index contributed by atoms with van der Waals surface area (Å²) in [6.45, 7) is 0.769. The molecule has 0 bridgehead atoms. The van der Waals surface area contributed by atoms with Gasteiger partial charge < -0.3 is 30.3 Å². The Hall–Kier alpha value is -3.05. The van der Waals surface area contributed by atoms with Crippen LogP contribution in [0.2, 0.25) is 0 Å². The van der Waals surface area contributed by atoms with Crippen LogP contribution in [0.3, 0.4) is 0 Å². The molecule has 3 rings (SSSR count). The number of ether oxygens (including phenoxy) is 1. The van der Waals surface area contributed by atoms with E-state index in [1.807, 2.05) is 49.3 Å². The standard InChI is InChI=1S/C21H26N4O6S/c1-24(2)9-8-22-21(30)31-11-14-12-32-19-16(18(27)25(19)17(14)20(28)29)23-15(26)10-13-6-4-3-5-7-13/h3-7,12,16-17,19H,8-11H2,1-2H3,(H,22,30)(H,23,26)(H,28,29)/t16?,17?,19-/m0/s1. The number of β-lactam (4-membered cyclic amide) rings is 1. The minimum absolute atomic E-state index is 0.127. The van der Waals surface area contributed by atoms with E-state index in [0.717, 1.165) is 5.56 Å². The molecule has 0 saturated carbocycles. The molecule has 3 atom stereocenters. The second-order valence-corrected chi connectivity index (χ2v) is 8.71. The van der Waals surface area contributed by atoms with Gasteiger partial charge in [0.05, 0.1) is 6.42 Å². The van der Waals surface area contributed by atoms with Gasteiger partial charge in [-0.2, -0.15) is 0 Å². The lowest BCUT2D eigenvalue weighted by Crippen LogP contribution is -2.74. The van der Waals surface area contributed by atoms with E-state index >= 15 is 0 Å². The van der Waals surface area contributed by atoms with Crippen LogP contribution in [0.5, 0.6) is 0 Å². The fourth-order valence-corrected chi connectivity index (χ4v) is 4.63. The molecule has 0 aliphatic carbocycles. The van der Waals surface area contributed by atoms with Crippen molar-refractivity contribution in [3.05, 3.63) is 46.9 Å². The van der Waals surface area contributed by atoms with Gasteiger partial charge in [0.25, 0.3) is 0 Å². The third-order valence-corrected chi connectivity index (χ3v) is 6.24. The number of rotatable bonds is 9. The number of likely N-dealkylation sites (N-methyl/N-ethyl adjacent to an activating group) is 1. The summed E-state index contributed by atoms with van der Waals surface area (Å²) in [7, 11) is 3.73. The Morgan fingerprint density at radius 2 is 1.94 bits per heavy atom. The lowest BCUT2D eigenvalue weighted by atomic mass is 9.98. The van der Waals surface area contributed by atoms with Gasteiger partial charge in [0.15, 0.2) is 6.04 Å². The third kappa shape index (κ3) is 5.60. The van der Waals surface area contributed by atoms with Gasteiger partial charge in [0.1, 0.15) is 18.0 Å². The second kappa shape index (κ2) is 10.5. The molecule has 0 radical (unpaired) electrons. The number of fused-ring (bicyclic) bond motifs is 1. The first-order valence-corrected chi connectivity index (χ1v) is 11.0. The van der Waals surface area contributed by atoms with Crippen LogP contribution in [0.15, 0.2) is 41.3 Å². The maximum Gasteiger partial charge on any atom is 0.407 e. The third-order valence-electron chi connectivity index (χ3n) is 5.02. The minimum atomic E-state index is -1.24. The fraction of sp³-hybridized carbons (Fsp3) is 0.429. The van der Waals surface area contributed by atoms with Crippen LogP contribution in [0.25, 0.3) is 0 Å². The number of nitrogens with one attached hydrogen (secondary N) is 2. The van der Waals surface area contributed by atoms with Crippen molar-refractivity contribution >= 4 is 35.6 Å². The molecular weight excluding hydrogens is 436 g/mol. The first-order chi connectivity index (χ1) is 15.3. The maximum absolute atomic E-state index is 12.7. The largest absolute Gasteiger partial charge is 0.479 e. The number of hydrogen-bond donors (Lipinski definition) is 3. The average molecular weight is 463 g/mol. The van der Waals surface area contributed by atoms with Gasteiger partial charge in [-0.05, 0) is 25.1 Å². The van der Waals surface area contributed by atoms with E-state index in [2.05, 4.69) is 10.6 Å². The van der Waals surface area contributed by atoms with Crippen LogP contribution in [0.1, 0.15) is 5.56 Å². The van der Waals surface area contributed by atoms with Crippen LogP contribution in [-0.2, 0) is 25.5 Å². The normalized spacial score (nSPS) is 21.8. The zero-order chi connectivity index (χ0) is 23.3. The molecule has 11 heteroatoms. The van der Waals surface area contributed by atoms with E-state index in [4.69, 9.17) is 4.74 Å². The van der Waals surface area contributed by atoms with E-state index in [1.165, 1.54) is 16.7 Å². The van der Waals surface area contributed by atoms with Crippen molar-refractivity contribution in [1.29, 1.82) is 0 Å². The van der Waals surface area contributed by atoms with Crippen molar-refractivity contribution in [2.45, 2.75) is 23.9 Å². The van der Waals surface area contributed by atoms with Crippen molar-refractivity contribution in [3.63, 3.8) is 0 Å². The SMILES string of the molecule is CN(C)CCNC(=O)OCC1=CS[C@H]2C(NC(=O)Cc3ccccc3)C(=O)N2C1C(=O)O. The molecule has 10 nitrogen and oxygen atoms in total. The van der Waals surface area contributed by atoms with Crippen LogP contribution in [0.4, 0.5) is 4.79 Å². The number of nitrogens with zero attached hydrogens (tertiary/aromatic N) is 2. The topological polar surface area (TPSA) is 128 Å². The lowest BCUT2D eigenvalue weighted by molar-refractivity contribution is -0.160. The highest BCUT2D eigenvalue weighted by atomic mass is 32.2. The highest BCUT2D eigenvalue weighted by molar-refractivity contribution is 8.02. The number of benzene rings is 1. The van der Waals surface area contributed by atoms with Gasteiger partial charge in [-0.3, -0.25) is 9.59 Å². The maximum atomic E-state index is 12.7. The Morgan fingerprint density at radius 1 is 1.22 bits per heavy atom. The van der Waals surface area contributed by atoms with Gasteiger partial charge in [-0.25, -0.2) is 9.59 Å². The van der Waals surface area contributed by atoms with Crippen molar-refractivity contribution in [2.24, 2.45) is 0 Å². The molecule has 32 heavy (non-hydrogen) atoms. The van der Waals surface area contributed by atoms with Gasteiger partial charge >= 0.3 is 12.1 Å². The number of aliphatic carboxylic acids is 1. The van der Waals surface area contributed by atoms with Crippen LogP contribution in [-0.4, -0.2) is 90.0 Å². The summed E-state index contributed by atoms with van der Waals surface area (Å²) in [6, 6.07) is 7.08. The Bertz CT molecular complexity index is 907. The predicted octanol–water partition coefficient (Wildman–Crippen LogP) is 0.254. The molecule has 3 N–H and O–H groups in total. The number of carbonyl (C=O) groups excluding carboxylic acids is 3. The van der Waals surface area contributed by atoms with E-state index in [9.17, 15) is 24.3 Å². The Kier molecular flexibility index (Phi) is 7.75. The smallest absolute Gasteiger partial charge is 0.407 e. The molecule has 172 valence electrons. The summed E-state index contributed by atoms with van der Waals surface area (Å²) in [6.07, 6.45) is -0.535. The first kappa shape index (κ1) is 23.6. The van der Waals surface area contributed by atoms with Crippen LogP contribution < -0.4 is 10.6 Å². The lowest BCUT2D eigenvalue weighted by Gasteiger charge is -2.51. The van der Waals surface area contributed by atoms with Gasteiger partial charge in [0.2, 0.25) is 11.8 Å². The van der Waals surface area contributed by atoms with Crippen LogP contribution >= 0.6 is 11.8 Å². The minimum Gasteiger partial charge on any atom is -0.479 e. The van der Waals surface area contributed by atoms with E-state index in [0.29, 0.717) is 18.7 Å². The number of thioether (sulfide) groups is 1. The number of carboxylic acids is 1. The average Bonchev–Trinajstić information content (AvgIpc) is 2.75.